The van der Waals surface area contributed by atoms with Gasteiger partial charge in [-0.1, -0.05) is 17.7 Å². The summed E-state index contributed by atoms with van der Waals surface area (Å²) in [6.45, 7) is 7.25. The van der Waals surface area contributed by atoms with Crippen LogP contribution in [0.25, 0.3) is 0 Å². The predicted molar refractivity (Wildman–Crippen MR) is 96.2 cm³/mol. The molecule has 2 aromatic carbocycles. The van der Waals surface area contributed by atoms with Crippen LogP contribution in [0.2, 0.25) is 5.02 Å². The van der Waals surface area contributed by atoms with Gasteiger partial charge in [-0.15, -0.1) is 0 Å². The lowest BCUT2D eigenvalue weighted by Gasteiger charge is -2.17. The largest absolute Gasteiger partial charge is 0.366 e. The first-order valence-electron chi connectivity index (χ1n) is 7.24. The van der Waals surface area contributed by atoms with Crippen molar-refractivity contribution in [2.45, 2.75) is 32.6 Å². The van der Waals surface area contributed by atoms with Crippen molar-refractivity contribution >= 4 is 33.2 Å². The van der Waals surface area contributed by atoms with Crippen LogP contribution in [0.3, 0.4) is 0 Å². The van der Waals surface area contributed by atoms with E-state index in [0.29, 0.717) is 11.1 Å². The third-order valence-corrected chi connectivity index (χ3v) is 6.03. The summed E-state index contributed by atoms with van der Waals surface area (Å²) in [5.41, 5.74) is 8.64. The molecule has 0 aliphatic carbocycles. The Balaban J connectivity index is 2.59. The van der Waals surface area contributed by atoms with Gasteiger partial charge in [0, 0.05) is 5.56 Å². The lowest BCUT2D eigenvalue weighted by Crippen LogP contribution is -2.18. The van der Waals surface area contributed by atoms with Crippen LogP contribution < -0.4 is 10.5 Å². The van der Waals surface area contributed by atoms with Crippen LogP contribution in [0, 0.1) is 27.7 Å². The van der Waals surface area contributed by atoms with Gasteiger partial charge in [0.05, 0.1) is 15.6 Å². The molecule has 7 heteroatoms. The molecule has 0 spiro atoms. The van der Waals surface area contributed by atoms with Gasteiger partial charge in [0.1, 0.15) is 0 Å². The summed E-state index contributed by atoms with van der Waals surface area (Å²) in [5.74, 6) is -0.661. The zero-order valence-electron chi connectivity index (χ0n) is 13.9. The van der Waals surface area contributed by atoms with Crippen LogP contribution in [0.1, 0.15) is 32.6 Å². The van der Waals surface area contributed by atoms with Crippen molar-refractivity contribution in [3.63, 3.8) is 0 Å². The summed E-state index contributed by atoms with van der Waals surface area (Å²) in [7, 11) is -3.87. The number of aryl methyl sites for hydroxylation is 2. The Morgan fingerprint density at radius 2 is 1.58 bits per heavy atom. The fourth-order valence-electron chi connectivity index (χ4n) is 2.54. The summed E-state index contributed by atoms with van der Waals surface area (Å²) in [4.78, 5) is 11.5. The zero-order chi connectivity index (χ0) is 18.2. The molecule has 24 heavy (non-hydrogen) atoms. The number of nitrogens with one attached hydrogen (secondary N) is 1. The van der Waals surface area contributed by atoms with E-state index < -0.39 is 15.9 Å². The average Bonchev–Trinajstić information content (AvgIpc) is 2.47. The van der Waals surface area contributed by atoms with Crippen molar-refractivity contribution in [1.29, 1.82) is 0 Å². The maximum Gasteiger partial charge on any atom is 0.262 e. The fourth-order valence-corrected chi connectivity index (χ4v) is 4.45. The number of halogens is 1. The van der Waals surface area contributed by atoms with Gasteiger partial charge in [0.2, 0.25) is 5.91 Å². The SMILES string of the molecule is Cc1cc(C)c(C)c(S(=O)(=O)Nc2cc(C(N)=O)ccc2Cl)c1C. The number of rotatable bonds is 4. The Labute approximate surface area is 146 Å². The van der Waals surface area contributed by atoms with E-state index in [0.717, 1.165) is 11.1 Å². The van der Waals surface area contributed by atoms with Crippen molar-refractivity contribution in [3.05, 3.63) is 57.1 Å². The molecule has 0 unspecified atom stereocenters. The van der Waals surface area contributed by atoms with Gasteiger partial charge in [-0.25, -0.2) is 8.42 Å². The zero-order valence-corrected chi connectivity index (χ0v) is 15.5. The molecule has 1 amide bonds. The van der Waals surface area contributed by atoms with Gasteiger partial charge < -0.3 is 5.73 Å². The van der Waals surface area contributed by atoms with E-state index in [9.17, 15) is 13.2 Å². The maximum atomic E-state index is 12.9. The van der Waals surface area contributed by atoms with E-state index in [1.54, 1.807) is 13.8 Å². The van der Waals surface area contributed by atoms with E-state index in [1.807, 2.05) is 19.9 Å². The molecule has 128 valence electrons. The lowest BCUT2D eigenvalue weighted by molar-refractivity contribution is 0.100. The quantitative estimate of drug-likeness (QED) is 0.868. The molecule has 0 aliphatic heterocycles. The van der Waals surface area contributed by atoms with Crippen molar-refractivity contribution in [1.82, 2.24) is 0 Å². The van der Waals surface area contributed by atoms with E-state index in [4.69, 9.17) is 17.3 Å². The van der Waals surface area contributed by atoms with E-state index in [-0.39, 0.29) is 21.2 Å². The topological polar surface area (TPSA) is 89.3 Å². The van der Waals surface area contributed by atoms with Crippen molar-refractivity contribution in [2.75, 3.05) is 4.72 Å². The molecule has 5 nitrogen and oxygen atoms in total. The minimum atomic E-state index is -3.87. The highest BCUT2D eigenvalue weighted by molar-refractivity contribution is 7.92. The molecule has 3 N–H and O–H groups in total. The molecule has 0 saturated carbocycles. The molecular weight excluding hydrogens is 348 g/mol. The Hall–Kier alpha value is -2.05. The van der Waals surface area contributed by atoms with E-state index >= 15 is 0 Å². The van der Waals surface area contributed by atoms with Crippen LogP contribution in [-0.2, 0) is 10.0 Å². The standard InChI is InChI=1S/C17H19ClN2O3S/c1-9-7-10(2)12(4)16(11(9)3)24(22,23)20-15-8-13(17(19)21)5-6-14(15)18/h5-8,20H,1-4H3,(H2,19,21). The van der Waals surface area contributed by atoms with E-state index in [2.05, 4.69) is 4.72 Å². The first-order chi connectivity index (χ1) is 11.0. The van der Waals surface area contributed by atoms with Gasteiger partial charge >= 0.3 is 0 Å². The van der Waals surface area contributed by atoms with Crippen LogP contribution in [0.4, 0.5) is 5.69 Å². The normalized spacial score (nSPS) is 11.4. The van der Waals surface area contributed by atoms with Gasteiger partial charge in [0.15, 0.2) is 0 Å². The molecule has 0 aromatic heterocycles. The number of anilines is 1. The number of hydrogen-bond donors (Lipinski definition) is 2. The number of amides is 1. The van der Waals surface area contributed by atoms with Crippen molar-refractivity contribution in [2.24, 2.45) is 5.73 Å². The fraction of sp³-hybridized carbons (Fsp3) is 0.235. The molecular formula is C17H19ClN2O3S. The van der Waals surface area contributed by atoms with Crippen molar-refractivity contribution < 1.29 is 13.2 Å². The molecule has 0 radical (unpaired) electrons. The lowest BCUT2D eigenvalue weighted by atomic mass is 10.0. The second-order valence-corrected chi connectivity index (χ2v) is 7.78. The number of hydrogen-bond acceptors (Lipinski definition) is 3. The summed E-state index contributed by atoms with van der Waals surface area (Å²) >= 11 is 6.06. The molecule has 0 aliphatic rings. The van der Waals surface area contributed by atoms with Gasteiger partial charge in [-0.05, 0) is 68.1 Å². The minimum Gasteiger partial charge on any atom is -0.366 e. The van der Waals surface area contributed by atoms with Crippen LogP contribution in [-0.4, -0.2) is 14.3 Å². The minimum absolute atomic E-state index is 0.117. The molecule has 0 fully saturated rings. The Morgan fingerprint density at radius 1 is 1.04 bits per heavy atom. The number of carbonyl (C=O) groups excluding carboxylic acids is 1. The van der Waals surface area contributed by atoms with Crippen molar-refractivity contribution in [3.8, 4) is 0 Å². The number of benzene rings is 2. The van der Waals surface area contributed by atoms with Gasteiger partial charge in [-0.3, -0.25) is 9.52 Å². The number of primary amides is 1. The Morgan fingerprint density at radius 3 is 2.08 bits per heavy atom. The second kappa shape index (κ2) is 6.45. The molecule has 0 bridgehead atoms. The Bertz CT molecular complexity index is 911. The molecule has 2 aromatic rings. The van der Waals surface area contributed by atoms with Crippen LogP contribution in [0.5, 0.6) is 0 Å². The summed E-state index contributed by atoms with van der Waals surface area (Å²) in [6, 6.07) is 6.15. The first-order valence-corrected chi connectivity index (χ1v) is 9.10. The number of carbonyl (C=O) groups is 1. The number of nitrogens with two attached hydrogens (primary N) is 1. The van der Waals surface area contributed by atoms with Crippen LogP contribution in [0.15, 0.2) is 29.2 Å². The summed E-state index contributed by atoms with van der Waals surface area (Å²) in [6.07, 6.45) is 0. The highest BCUT2D eigenvalue weighted by atomic mass is 35.5. The molecule has 2 rings (SSSR count). The average molecular weight is 367 g/mol. The second-order valence-electron chi connectivity index (χ2n) is 5.75. The monoisotopic (exact) mass is 366 g/mol. The first kappa shape index (κ1) is 18.3. The number of sulfonamides is 1. The highest BCUT2D eigenvalue weighted by Gasteiger charge is 2.23. The highest BCUT2D eigenvalue weighted by Crippen LogP contribution is 2.30. The molecule has 0 saturated heterocycles. The Kier molecular flexibility index (Phi) is 4.92. The van der Waals surface area contributed by atoms with Crippen LogP contribution >= 0.6 is 11.6 Å². The van der Waals surface area contributed by atoms with Gasteiger partial charge in [0.25, 0.3) is 10.0 Å². The molecule has 0 heterocycles. The molecule has 0 atom stereocenters. The van der Waals surface area contributed by atoms with E-state index in [1.165, 1.54) is 18.2 Å². The third-order valence-electron chi connectivity index (χ3n) is 4.06. The summed E-state index contributed by atoms with van der Waals surface area (Å²) in [5, 5.41) is 0.184. The van der Waals surface area contributed by atoms with Gasteiger partial charge in [-0.2, -0.15) is 0 Å². The maximum absolute atomic E-state index is 12.9. The third kappa shape index (κ3) is 3.39. The summed E-state index contributed by atoms with van der Waals surface area (Å²) < 4.78 is 28.3. The smallest absolute Gasteiger partial charge is 0.262 e. The predicted octanol–water partition coefficient (Wildman–Crippen LogP) is 3.47.